The third-order valence-corrected chi connectivity index (χ3v) is 1.51. The Morgan fingerprint density at radius 1 is 1.33 bits per heavy atom. The van der Waals surface area contributed by atoms with Gasteiger partial charge in [0, 0.05) is 12.7 Å². The van der Waals surface area contributed by atoms with Crippen molar-refractivity contribution < 1.29 is 4.79 Å². The molecule has 1 rings (SSSR count). The van der Waals surface area contributed by atoms with Gasteiger partial charge in [-0.2, -0.15) is 0 Å². The summed E-state index contributed by atoms with van der Waals surface area (Å²) >= 11 is 0. The number of para-hydroxylation sites is 1. The Hall–Kier alpha value is -1.51. The van der Waals surface area contributed by atoms with Crippen LogP contribution in [0.25, 0.3) is 0 Å². The fraction of sp³-hybridized carbons (Fsp3) is 0.222. The smallest absolute Gasteiger partial charge is 0.239 e. The average molecular weight is 164 g/mol. The largest absolute Gasteiger partial charge is 0.376 e. The first-order chi connectivity index (χ1) is 5.83. The lowest BCUT2D eigenvalue weighted by atomic mass is 10.3. The summed E-state index contributed by atoms with van der Waals surface area (Å²) in [6, 6.07) is 9.62. The molecule has 0 aliphatic heterocycles. The normalized spacial score (nSPS) is 9.08. The Balaban J connectivity index is 2.38. The summed E-state index contributed by atoms with van der Waals surface area (Å²) in [5, 5.41) is 5.52. The molecule has 0 atom stereocenters. The summed E-state index contributed by atoms with van der Waals surface area (Å²) in [6.45, 7) is 0.320. The molecule has 2 N–H and O–H groups in total. The first kappa shape index (κ1) is 8.59. The predicted molar refractivity (Wildman–Crippen MR) is 49.0 cm³/mol. The van der Waals surface area contributed by atoms with Crippen LogP contribution < -0.4 is 10.6 Å². The van der Waals surface area contributed by atoms with Crippen molar-refractivity contribution in [1.82, 2.24) is 5.32 Å². The highest BCUT2D eigenvalue weighted by atomic mass is 16.1. The molecule has 3 heteroatoms. The van der Waals surface area contributed by atoms with Crippen molar-refractivity contribution in [3.05, 3.63) is 30.3 Å². The predicted octanol–water partition coefficient (Wildman–Crippen LogP) is 0.844. The summed E-state index contributed by atoms with van der Waals surface area (Å²) < 4.78 is 0. The molecule has 1 amide bonds. The van der Waals surface area contributed by atoms with E-state index in [0.717, 1.165) is 5.69 Å². The van der Waals surface area contributed by atoms with Gasteiger partial charge in [-0.3, -0.25) is 4.79 Å². The monoisotopic (exact) mass is 164 g/mol. The molecule has 3 nitrogen and oxygen atoms in total. The summed E-state index contributed by atoms with van der Waals surface area (Å²) in [5.74, 6) is -0.0150. The number of nitrogens with one attached hydrogen (secondary N) is 2. The van der Waals surface area contributed by atoms with E-state index in [4.69, 9.17) is 0 Å². The number of hydrogen-bond donors (Lipinski definition) is 2. The molecular weight excluding hydrogens is 152 g/mol. The Morgan fingerprint density at radius 3 is 2.58 bits per heavy atom. The highest BCUT2D eigenvalue weighted by Crippen LogP contribution is 2.03. The van der Waals surface area contributed by atoms with Crippen molar-refractivity contribution in [2.24, 2.45) is 0 Å². The zero-order chi connectivity index (χ0) is 8.81. The molecule has 1 aromatic rings. The van der Waals surface area contributed by atoms with Gasteiger partial charge in [-0.05, 0) is 12.1 Å². The van der Waals surface area contributed by atoms with Crippen LogP contribution in [0, 0.1) is 0 Å². The van der Waals surface area contributed by atoms with Gasteiger partial charge in [-0.25, -0.2) is 0 Å². The highest BCUT2D eigenvalue weighted by molar-refractivity contribution is 5.80. The minimum Gasteiger partial charge on any atom is -0.376 e. The van der Waals surface area contributed by atoms with E-state index in [9.17, 15) is 4.79 Å². The van der Waals surface area contributed by atoms with E-state index in [1.807, 2.05) is 30.3 Å². The molecule has 0 aliphatic rings. The Labute approximate surface area is 71.8 Å². The standard InChI is InChI=1S/C9H12N2O/c1-10-9(12)7-11-8-5-3-2-4-6-8/h2-6,11H,7H2,1H3,(H,10,12). The van der Waals surface area contributed by atoms with Crippen molar-refractivity contribution in [2.75, 3.05) is 18.9 Å². The van der Waals surface area contributed by atoms with Gasteiger partial charge in [0.1, 0.15) is 0 Å². The zero-order valence-corrected chi connectivity index (χ0v) is 7.00. The molecule has 0 aromatic heterocycles. The molecule has 12 heavy (non-hydrogen) atoms. The molecule has 0 bridgehead atoms. The number of anilines is 1. The van der Waals surface area contributed by atoms with Crippen molar-refractivity contribution in [3.8, 4) is 0 Å². The van der Waals surface area contributed by atoms with Crippen LogP contribution in [-0.4, -0.2) is 19.5 Å². The molecule has 0 spiro atoms. The first-order valence-corrected chi connectivity index (χ1v) is 3.82. The number of amides is 1. The summed E-state index contributed by atoms with van der Waals surface area (Å²) in [6.07, 6.45) is 0. The average Bonchev–Trinajstić information content (AvgIpc) is 2.16. The lowest BCUT2D eigenvalue weighted by molar-refractivity contribution is -0.118. The molecule has 0 fully saturated rings. The number of carbonyl (C=O) groups is 1. The van der Waals surface area contributed by atoms with Gasteiger partial charge in [0.15, 0.2) is 0 Å². The third kappa shape index (κ3) is 2.62. The summed E-state index contributed by atoms with van der Waals surface area (Å²) in [4.78, 5) is 10.8. The van der Waals surface area contributed by atoms with Crippen molar-refractivity contribution in [3.63, 3.8) is 0 Å². The highest BCUT2D eigenvalue weighted by Gasteiger charge is 1.95. The quantitative estimate of drug-likeness (QED) is 0.695. The summed E-state index contributed by atoms with van der Waals surface area (Å²) in [5.41, 5.74) is 0.959. The Morgan fingerprint density at radius 2 is 2.00 bits per heavy atom. The molecule has 0 saturated carbocycles. The molecule has 0 unspecified atom stereocenters. The number of likely N-dealkylation sites (N-methyl/N-ethyl adjacent to an activating group) is 1. The first-order valence-electron chi connectivity index (χ1n) is 3.82. The van der Waals surface area contributed by atoms with Crippen LogP contribution in [-0.2, 0) is 4.79 Å². The van der Waals surface area contributed by atoms with Crippen molar-refractivity contribution >= 4 is 11.6 Å². The number of hydrogen-bond acceptors (Lipinski definition) is 2. The fourth-order valence-corrected chi connectivity index (χ4v) is 0.827. The van der Waals surface area contributed by atoms with Crippen molar-refractivity contribution in [1.29, 1.82) is 0 Å². The van der Waals surface area contributed by atoms with Gasteiger partial charge < -0.3 is 10.6 Å². The van der Waals surface area contributed by atoms with Crippen LogP contribution in [0.1, 0.15) is 0 Å². The van der Waals surface area contributed by atoms with E-state index in [0.29, 0.717) is 6.54 Å². The topological polar surface area (TPSA) is 41.1 Å². The number of benzene rings is 1. The van der Waals surface area contributed by atoms with Crippen molar-refractivity contribution in [2.45, 2.75) is 0 Å². The fourth-order valence-electron chi connectivity index (χ4n) is 0.827. The van der Waals surface area contributed by atoms with Crippen LogP contribution in [0.2, 0.25) is 0 Å². The van der Waals surface area contributed by atoms with Gasteiger partial charge in [0.05, 0.1) is 6.54 Å². The summed E-state index contributed by atoms with van der Waals surface area (Å²) in [7, 11) is 1.62. The van der Waals surface area contributed by atoms with E-state index in [1.165, 1.54) is 0 Å². The molecule has 0 aliphatic carbocycles. The Kier molecular flexibility index (Phi) is 3.14. The molecule has 64 valence electrons. The second kappa shape index (κ2) is 4.38. The van der Waals surface area contributed by atoms with E-state index in [1.54, 1.807) is 7.05 Å². The van der Waals surface area contributed by atoms with E-state index >= 15 is 0 Å². The van der Waals surface area contributed by atoms with Gasteiger partial charge in [-0.15, -0.1) is 0 Å². The second-order valence-corrected chi connectivity index (χ2v) is 2.39. The van der Waals surface area contributed by atoms with Crippen LogP contribution >= 0.6 is 0 Å². The van der Waals surface area contributed by atoms with Crippen LogP contribution in [0.3, 0.4) is 0 Å². The third-order valence-electron chi connectivity index (χ3n) is 1.51. The van der Waals surface area contributed by atoms with Gasteiger partial charge in [0.2, 0.25) is 5.91 Å². The molecule has 0 saturated heterocycles. The zero-order valence-electron chi connectivity index (χ0n) is 7.00. The van der Waals surface area contributed by atoms with Crippen LogP contribution in [0.4, 0.5) is 5.69 Å². The minimum atomic E-state index is -0.0150. The maximum absolute atomic E-state index is 10.8. The van der Waals surface area contributed by atoms with Crippen LogP contribution in [0.15, 0.2) is 30.3 Å². The van der Waals surface area contributed by atoms with E-state index in [2.05, 4.69) is 10.6 Å². The maximum Gasteiger partial charge on any atom is 0.239 e. The maximum atomic E-state index is 10.8. The molecule has 1 aromatic carbocycles. The lowest BCUT2D eigenvalue weighted by Gasteiger charge is -2.03. The second-order valence-electron chi connectivity index (χ2n) is 2.39. The Bertz CT molecular complexity index is 246. The van der Waals surface area contributed by atoms with E-state index in [-0.39, 0.29) is 5.91 Å². The number of carbonyl (C=O) groups excluding carboxylic acids is 1. The van der Waals surface area contributed by atoms with Crippen LogP contribution in [0.5, 0.6) is 0 Å². The molecular formula is C9H12N2O. The van der Waals surface area contributed by atoms with Gasteiger partial charge in [-0.1, -0.05) is 18.2 Å². The SMILES string of the molecule is CNC(=O)CNc1ccccc1. The molecule has 0 radical (unpaired) electrons. The number of rotatable bonds is 3. The minimum absolute atomic E-state index is 0.0150. The van der Waals surface area contributed by atoms with Gasteiger partial charge >= 0.3 is 0 Å². The van der Waals surface area contributed by atoms with E-state index < -0.39 is 0 Å². The molecule has 0 heterocycles. The lowest BCUT2D eigenvalue weighted by Crippen LogP contribution is -2.26. The van der Waals surface area contributed by atoms with Gasteiger partial charge in [0.25, 0.3) is 0 Å².